The third-order valence-electron chi connectivity index (χ3n) is 12.6. The third kappa shape index (κ3) is 6.60. The van der Waals surface area contributed by atoms with E-state index in [-0.39, 0.29) is 0 Å². The van der Waals surface area contributed by atoms with Crippen LogP contribution in [0.25, 0.3) is 131 Å². The van der Waals surface area contributed by atoms with Gasteiger partial charge in [-0.05, 0) is 82.9 Å². The van der Waals surface area contributed by atoms with Gasteiger partial charge in [-0.3, -0.25) is 0 Å². The average Bonchev–Trinajstić information content (AvgIpc) is 3.76. The molecule has 0 aliphatic heterocycles. The van der Waals surface area contributed by atoms with Gasteiger partial charge >= 0.3 is 0 Å². The molecule has 5 heteroatoms. The lowest BCUT2D eigenvalue weighted by molar-refractivity contribution is 1.36. The van der Waals surface area contributed by atoms with Crippen molar-refractivity contribution in [1.29, 1.82) is 0 Å². The van der Waals surface area contributed by atoms with Crippen molar-refractivity contribution in [3.05, 3.63) is 218 Å². The molecule has 302 valence electrons. The predicted molar refractivity (Wildman–Crippen MR) is 273 cm³/mol. The quantitative estimate of drug-likeness (QED) is 0.156. The number of benzene rings is 8. The molecule has 13 rings (SSSR count). The van der Waals surface area contributed by atoms with Gasteiger partial charge in [0, 0.05) is 64.0 Å². The highest BCUT2D eigenvalue weighted by atomic mass is 32.1. The molecule has 5 heterocycles. The summed E-state index contributed by atoms with van der Waals surface area (Å²) in [6.07, 6.45) is 0. The first-order chi connectivity index (χ1) is 32.1. The Kier molecular flexibility index (Phi) is 8.68. The molecular formula is C60H36N4S. The van der Waals surface area contributed by atoms with E-state index in [9.17, 15) is 0 Å². The zero-order chi connectivity index (χ0) is 42.8. The summed E-state index contributed by atoms with van der Waals surface area (Å²) in [5.41, 5.74) is 16.4. The molecule has 0 aliphatic carbocycles. The smallest absolute Gasteiger partial charge is 0.0972 e. The standard InChI is InChI=1S/C60H36N4S/c1-3-9-37(10-4-1)51-27-21-39-17-19-41-23-29-53(63-59(41)57(39)61-51)47-15-7-13-43(33-47)45-25-31-55-49(35-45)50-36-46(26-32-56(50)65-55)44-14-8-16-48(34-44)54-30-24-42-20-18-40-22-28-52(38-11-5-2-6-12-38)62-58(40)60(42)64-54/h1-36H. The molecule has 0 fully saturated rings. The molecule has 0 unspecified atom stereocenters. The Morgan fingerprint density at radius 3 is 0.923 bits per heavy atom. The van der Waals surface area contributed by atoms with Gasteiger partial charge in [-0.15, -0.1) is 11.3 Å². The van der Waals surface area contributed by atoms with E-state index in [1.54, 1.807) is 0 Å². The summed E-state index contributed by atoms with van der Waals surface area (Å²) in [6.45, 7) is 0. The molecule has 65 heavy (non-hydrogen) atoms. The number of fused-ring (bicyclic) bond motifs is 9. The van der Waals surface area contributed by atoms with Gasteiger partial charge in [-0.1, -0.05) is 158 Å². The first-order valence-electron chi connectivity index (χ1n) is 21.9. The van der Waals surface area contributed by atoms with Gasteiger partial charge in [0.2, 0.25) is 0 Å². The Labute approximate surface area is 378 Å². The molecule has 5 aromatic heterocycles. The first-order valence-corrected chi connectivity index (χ1v) is 22.7. The van der Waals surface area contributed by atoms with Crippen LogP contribution < -0.4 is 0 Å². The van der Waals surface area contributed by atoms with Crippen molar-refractivity contribution in [2.45, 2.75) is 0 Å². The zero-order valence-corrected chi connectivity index (χ0v) is 35.8. The van der Waals surface area contributed by atoms with Crippen molar-refractivity contribution in [3.8, 4) is 67.3 Å². The summed E-state index contributed by atoms with van der Waals surface area (Å²) in [4.78, 5) is 20.8. The summed E-state index contributed by atoms with van der Waals surface area (Å²) in [5, 5.41) is 6.82. The summed E-state index contributed by atoms with van der Waals surface area (Å²) in [6, 6.07) is 77.5. The van der Waals surface area contributed by atoms with Crippen molar-refractivity contribution in [2.24, 2.45) is 0 Å². The maximum atomic E-state index is 5.26. The minimum absolute atomic E-state index is 0.910. The second kappa shape index (κ2) is 15.2. The van der Waals surface area contributed by atoms with Crippen molar-refractivity contribution < 1.29 is 0 Å². The van der Waals surface area contributed by atoms with E-state index in [0.717, 1.165) is 99.8 Å². The lowest BCUT2D eigenvalue weighted by atomic mass is 9.97. The fraction of sp³-hybridized carbons (Fsp3) is 0. The number of hydrogen-bond acceptors (Lipinski definition) is 5. The van der Waals surface area contributed by atoms with Crippen molar-refractivity contribution in [2.75, 3.05) is 0 Å². The lowest BCUT2D eigenvalue weighted by Gasteiger charge is -2.10. The van der Waals surface area contributed by atoms with E-state index in [2.05, 4.69) is 206 Å². The maximum Gasteiger partial charge on any atom is 0.0972 e. The number of hydrogen-bond donors (Lipinski definition) is 0. The number of aromatic nitrogens is 4. The maximum absolute atomic E-state index is 5.26. The predicted octanol–water partition coefficient (Wildman–Crippen LogP) is 16.2. The van der Waals surface area contributed by atoms with E-state index in [0.29, 0.717) is 0 Å². The molecular weight excluding hydrogens is 809 g/mol. The van der Waals surface area contributed by atoms with E-state index in [1.165, 1.54) is 31.3 Å². The van der Waals surface area contributed by atoms with Gasteiger partial charge in [-0.2, -0.15) is 0 Å². The van der Waals surface area contributed by atoms with Crippen LogP contribution in [0.2, 0.25) is 0 Å². The zero-order valence-electron chi connectivity index (χ0n) is 35.0. The number of pyridine rings is 4. The molecule has 0 aliphatic rings. The van der Waals surface area contributed by atoms with Crippen LogP contribution in [0.5, 0.6) is 0 Å². The third-order valence-corrected chi connectivity index (χ3v) is 13.8. The van der Waals surface area contributed by atoms with Gasteiger partial charge in [-0.25, -0.2) is 19.9 Å². The SMILES string of the molecule is c1ccc(-c2ccc3ccc4ccc(-c5cccc(-c6ccc7sc8ccc(-c9cccc(-c%10ccc%11ccc%12ccc(-c%13ccccc%13)nc%12c%11n%10)c9)cc8c7c6)c5)nc4c3n2)cc1. The van der Waals surface area contributed by atoms with E-state index in [4.69, 9.17) is 19.9 Å². The van der Waals surface area contributed by atoms with Crippen molar-refractivity contribution >= 4 is 75.1 Å². The minimum Gasteiger partial charge on any atom is -0.245 e. The summed E-state index contributed by atoms with van der Waals surface area (Å²) < 4.78 is 2.54. The molecule has 0 amide bonds. The summed E-state index contributed by atoms with van der Waals surface area (Å²) >= 11 is 1.84. The van der Waals surface area contributed by atoms with Crippen LogP contribution in [0.4, 0.5) is 0 Å². The molecule has 0 bridgehead atoms. The summed E-state index contributed by atoms with van der Waals surface area (Å²) in [5.74, 6) is 0. The van der Waals surface area contributed by atoms with Crippen LogP contribution in [-0.2, 0) is 0 Å². The minimum atomic E-state index is 0.910. The number of thiophene rings is 1. The molecule has 13 aromatic rings. The largest absolute Gasteiger partial charge is 0.245 e. The van der Waals surface area contributed by atoms with Crippen LogP contribution in [0.1, 0.15) is 0 Å². The molecule has 0 saturated heterocycles. The van der Waals surface area contributed by atoms with Crippen molar-refractivity contribution in [3.63, 3.8) is 0 Å². The molecule has 0 radical (unpaired) electrons. The fourth-order valence-corrected chi connectivity index (χ4v) is 10.3. The monoisotopic (exact) mass is 844 g/mol. The highest BCUT2D eigenvalue weighted by molar-refractivity contribution is 7.25. The summed E-state index contributed by atoms with van der Waals surface area (Å²) in [7, 11) is 0. The highest BCUT2D eigenvalue weighted by Crippen LogP contribution is 2.40. The van der Waals surface area contributed by atoms with Gasteiger partial charge in [0.05, 0.1) is 44.8 Å². The van der Waals surface area contributed by atoms with Crippen LogP contribution in [0.15, 0.2) is 218 Å². The van der Waals surface area contributed by atoms with Gasteiger partial charge < -0.3 is 0 Å². The molecule has 0 spiro atoms. The highest BCUT2D eigenvalue weighted by Gasteiger charge is 2.14. The van der Waals surface area contributed by atoms with Gasteiger partial charge in [0.25, 0.3) is 0 Å². The van der Waals surface area contributed by atoms with E-state index >= 15 is 0 Å². The Morgan fingerprint density at radius 1 is 0.231 bits per heavy atom. The molecule has 8 aromatic carbocycles. The number of rotatable bonds is 6. The Hall–Kier alpha value is -8.38. The Morgan fingerprint density at radius 2 is 0.538 bits per heavy atom. The van der Waals surface area contributed by atoms with Gasteiger partial charge in [0.15, 0.2) is 0 Å². The second-order valence-electron chi connectivity index (χ2n) is 16.6. The van der Waals surface area contributed by atoms with Gasteiger partial charge in [0.1, 0.15) is 0 Å². The topological polar surface area (TPSA) is 51.6 Å². The lowest BCUT2D eigenvalue weighted by Crippen LogP contribution is -1.91. The molecule has 4 nitrogen and oxygen atoms in total. The molecule has 0 atom stereocenters. The second-order valence-corrected chi connectivity index (χ2v) is 17.7. The van der Waals surface area contributed by atoms with Crippen LogP contribution in [0.3, 0.4) is 0 Å². The number of nitrogens with zero attached hydrogens (tertiary/aromatic N) is 4. The van der Waals surface area contributed by atoms with Crippen LogP contribution in [-0.4, -0.2) is 19.9 Å². The average molecular weight is 845 g/mol. The molecule has 0 N–H and O–H groups in total. The normalized spacial score (nSPS) is 11.7. The van der Waals surface area contributed by atoms with Crippen molar-refractivity contribution in [1.82, 2.24) is 19.9 Å². The van der Waals surface area contributed by atoms with Crippen LogP contribution >= 0.6 is 11.3 Å². The van der Waals surface area contributed by atoms with E-state index in [1.807, 2.05) is 23.5 Å². The molecule has 0 saturated carbocycles. The first kappa shape index (κ1) is 37.2. The Balaban J connectivity index is 0.844. The Bertz CT molecular complexity index is 3750. The van der Waals surface area contributed by atoms with Crippen LogP contribution in [0, 0.1) is 0 Å². The fourth-order valence-electron chi connectivity index (χ4n) is 9.25. The van der Waals surface area contributed by atoms with E-state index < -0.39 is 0 Å².